The summed E-state index contributed by atoms with van der Waals surface area (Å²) < 4.78 is 0. The quantitative estimate of drug-likeness (QED) is 0.531. The van der Waals surface area contributed by atoms with Crippen molar-refractivity contribution in [2.75, 3.05) is 4.90 Å². The van der Waals surface area contributed by atoms with Crippen molar-refractivity contribution in [1.82, 2.24) is 0 Å². The number of aryl methyl sites for hydroxylation is 3. The lowest BCUT2D eigenvalue weighted by atomic mass is 10.1. The average molecular weight is 324 g/mol. The van der Waals surface area contributed by atoms with E-state index in [4.69, 9.17) is 0 Å². The van der Waals surface area contributed by atoms with Crippen molar-refractivity contribution in [2.24, 2.45) is 0 Å². The van der Waals surface area contributed by atoms with Crippen LogP contribution in [0, 0.1) is 20.8 Å². The topological polar surface area (TPSA) is 3.24 Å². The standard InChI is InChI=1S/C21H21N.ClH/c1-16-4-10-19(11-5-16)22(20-12-6-17(2)7-13-20)21-14-8-18(3)9-15-21;/h4-15H,1-3H3;1H. The molecule has 0 bridgehead atoms. The van der Waals surface area contributed by atoms with Crippen molar-refractivity contribution in [3.05, 3.63) is 89.5 Å². The Morgan fingerprint density at radius 3 is 0.870 bits per heavy atom. The van der Waals surface area contributed by atoms with Gasteiger partial charge in [0.05, 0.1) is 0 Å². The SMILES string of the molecule is Cc1ccc(N(c2ccc(C)cc2)c2ccc(C)cc2)cc1.Cl. The zero-order chi connectivity index (χ0) is 15.5. The first kappa shape index (κ1) is 17.1. The summed E-state index contributed by atoms with van der Waals surface area (Å²) in [6.07, 6.45) is 0. The molecule has 0 radical (unpaired) electrons. The van der Waals surface area contributed by atoms with E-state index < -0.39 is 0 Å². The molecule has 0 aliphatic rings. The first-order valence-corrected chi connectivity index (χ1v) is 7.63. The van der Waals surface area contributed by atoms with Gasteiger partial charge in [-0.1, -0.05) is 53.1 Å². The van der Waals surface area contributed by atoms with E-state index in [0.29, 0.717) is 0 Å². The number of halogens is 1. The summed E-state index contributed by atoms with van der Waals surface area (Å²) in [4.78, 5) is 2.29. The van der Waals surface area contributed by atoms with Crippen LogP contribution in [0.5, 0.6) is 0 Å². The Balaban J connectivity index is 0.00000192. The van der Waals surface area contributed by atoms with Crippen LogP contribution in [-0.4, -0.2) is 0 Å². The minimum absolute atomic E-state index is 0. The lowest BCUT2D eigenvalue weighted by molar-refractivity contribution is 1.26. The Hall–Kier alpha value is -2.25. The van der Waals surface area contributed by atoms with Gasteiger partial charge in [0.25, 0.3) is 0 Å². The minimum Gasteiger partial charge on any atom is -0.311 e. The first-order chi connectivity index (χ1) is 10.6. The third-order valence-corrected chi connectivity index (χ3v) is 3.88. The molecule has 0 heterocycles. The van der Waals surface area contributed by atoms with Crippen LogP contribution in [0.2, 0.25) is 0 Å². The molecular weight excluding hydrogens is 302 g/mol. The Bertz CT molecular complexity index is 635. The van der Waals surface area contributed by atoms with Gasteiger partial charge in [0.2, 0.25) is 0 Å². The molecule has 0 amide bonds. The number of nitrogens with zero attached hydrogens (tertiary/aromatic N) is 1. The fourth-order valence-corrected chi connectivity index (χ4v) is 2.53. The second-order valence-corrected chi connectivity index (χ2v) is 5.84. The Morgan fingerprint density at radius 2 is 0.652 bits per heavy atom. The molecule has 3 aromatic rings. The summed E-state index contributed by atoms with van der Waals surface area (Å²) in [6.45, 7) is 6.35. The zero-order valence-corrected chi connectivity index (χ0v) is 14.6. The lowest BCUT2D eigenvalue weighted by Crippen LogP contribution is -2.09. The third-order valence-electron chi connectivity index (χ3n) is 3.88. The first-order valence-electron chi connectivity index (χ1n) is 7.63. The number of hydrogen-bond acceptors (Lipinski definition) is 1. The number of anilines is 3. The average Bonchev–Trinajstić information content (AvgIpc) is 2.53. The van der Waals surface area contributed by atoms with E-state index in [1.54, 1.807) is 0 Å². The fraction of sp³-hybridized carbons (Fsp3) is 0.143. The summed E-state index contributed by atoms with van der Waals surface area (Å²) >= 11 is 0. The van der Waals surface area contributed by atoms with Crippen LogP contribution in [0.25, 0.3) is 0 Å². The number of rotatable bonds is 3. The fourth-order valence-electron chi connectivity index (χ4n) is 2.53. The molecule has 3 aromatic carbocycles. The van der Waals surface area contributed by atoms with Crippen molar-refractivity contribution in [3.63, 3.8) is 0 Å². The highest BCUT2D eigenvalue weighted by molar-refractivity contribution is 5.85. The minimum atomic E-state index is 0. The van der Waals surface area contributed by atoms with Crippen molar-refractivity contribution in [3.8, 4) is 0 Å². The van der Waals surface area contributed by atoms with Crippen LogP contribution in [0.1, 0.15) is 16.7 Å². The maximum atomic E-state index is 2.29. The molecule has 0 N–H and O–H groups in total. The molecule has 0 saturated carbocycles. The molecule has 0 aliphatic carbocycles. The van der Waals surface area contributed by atoms with Crippen LogP contribution in [-0.2, 0) is 0 Å². The molecule has 118 valence electrons. The molecule has 0 aromatic heterocycles. The molecule has 0 atom stereocenters. The molecule has 2 heteroatoms. The van der Waals surface area contributed by atoms with Crippen molar-refractivity contribution >= 4 is 29.5 Å². The van der Waals surface area contributed by atoms with Gasteiger partial charge in [-0.3, -0.25) is 0 Å². The van der Waals surface area contributed by atoms with E-state index in [1.165, 1.54) is 33.8 Å². The molecule has 0 aliphatic heterocycles. The van der Waals surface area contributed by atoms with Gasteiger partial charge in [-0.25, -0.2) is 0 Å². The van der Waals surface area contributed by atoms with Crippen LogP contribution < -0.4 is 4.90 Å². The molecule has 1 nitrogen and oxygen atoms in total. The summed E-state index contributed by atoms with van der Waals surface area (Å²) in [6, 6.07) is 26.0. The summed E-state index contributed by atoms with van der Waals surface area (Å²) in [5.74, 6) is 0. The Kier molecular flexibility index (Phi) is 5.46. The smallest absolute Gasteiger partial charge is 0.0461 e. The van der Waals surface area contributed by atoms with E-state index in [9.17, 15) is 0 Å². The van der Waals surface area contributed by atoms with Gasteiger partial charge in [-0.05, 0) is 57.2 Å². The molecule has 0 fully saturated rings. The normalized spacial score (nSPS) is 10.0. The molecule has 0 spiro atoms. The monoisotopic (exact) mass is 323 g/mol. The summed E-state index contributed by atoms with van der Waals surface area (Å²) in [7, 11) is 0. The maximum Gasteiger partial charge on any atom is 0.0461 e. The van der Waals surface area contributed by atoms with Gasteiger partial charge in [0, 0.05) is 17.1 Å². The predicted octanol–water partition coefficient (Wildman–Crippen LogP) is 6.50. The van der Waals surface area contributed by atoms with Crippen LogP contribution in [0.15, 0.2) is 72.8 Å². The Morgan fingerprint density at radius 1 is 0.435 bits per heavy atom. The van der Waals surface area contributed by atoms with Crippen LogP contribution >= 0.6 is 12.4 Å². The largest absolute Gasteiger partial charge is 0.311 e. The van der Waals surface area contributed by atoms with Crippen LogP contribution in [0.4, 0.5) is 17.1 Å². The van der Waals surface area contributed by atoms with Gasteiger partial charge >= 0.3 is 0 Å². The lowest BCUT2D eigenvalue weighted by Gasteiger charge is -2.25. The summed E-state index contributed by atoms with van der Waals surface area (Å²) in [5.41, 5.74) is 7.36. The molecule has 0 unspecified atom stereocenters. The van der Waals surface area contributed by atoms with Gasteiger partial charge in [-0.15, -0.1) is 12.4 Å². The Labute approximate surface area is 145 Å². The molecular formula is C21H22ClN. The predicted molar refractivity (Wildman–Crippen MR) is 103 cm³/mol. The van der Waals surface area contributed by atoms with Crippen molar-refractivity contribution in [2.45, 2.75) is 20.8 Å². The second-order valence-electron chi connectivity index (χ2n) is 5.84. The van der Waals surface area contributed by atoms with E-state index >= 15 is 0 Å². The maximum absolute atomic E-state index is 2.29. The second kappa shape index (κ2) is 7.34. The van der Waals surface area contributed by atoms with E-state index in [0.717, 1.165) is 0 Å². The van der Waals surface area contributed by atoms with Crippen molar-refractivity contribution in [1.29, 1.82) is 0 Å². The van der Waals surface area contributed by atoms with Crippen molar-refractivity contribution < 1.29 is 0 Å². The number of hydrogen-bond donors (Lipinski definition) is 0. The van der Waals surface area contributed by atoms with E-state index in [2.05, 4.69) is 98.5 Å². The van der Waals surface area contributed by atoms with Gasteiger partial charge in [-0.2, -0.15) is 0 Å². The highest BCUT2D eigenvalue weighted by atomic mass is 35.5. The zero-order valence-electron chi connectivity index (χ0n) is 13.8. The van der Waals surface area contributed by atoms with Gasteiger partial charge in [0.15, 0.2) is 0 Å². The van der Waals surface area contributed by atoms with Crippen LogP contribution in [0.3, 0.4) is 0 Å². The van der Waals surface area contributed by atoms with Gasteiger partial charge in [0.1, 0.15) is 0 Å². The van der Waals surface area contributed by atoms with Gasteiger partial charge < -0.3 is 4.90 Å². The molecule has 23 heavy (non-hydrogen) atoms. The highest BCUT2D eigenvalue weighted by Gasteiger charge is 2.11. The highest BCUT2D eigenvalue weighted by Crippen LogP contribution is 2.34. The molecule has 3 rings (SSSR count). The third kappa shape index (κ3) is 3.94. The van der Waals surface area contributed by atoms with E-state index in [-0.39, 0.29) is 12.4 Å². The number of benzene rings is 3. The van der Waals surface area contributed by atoms with E-state index in [1.807, 2.05) is 0 Å². The molecule has 0 saturated heterocycles. The summed E-state index contributed by atoms with van der Waals surface area (Å²) in [5, 5.41) is 0.